The number of aryl methyl sites for hydroxylation is 2. The van der Waals surface area contributed by atoms with Gasteiger partial charge in [0, 0.05) is 44.5 Å². The third-order valence-electron chi connectivity index (χ3n) is 7.36. The molecule has 39 heavy (non-hydrogen) atoms. The maximum Gasteiger partial charge on any atom is 0.223 e. The second kappa shape index (κ2) is 11.6. The average Bonchev–Trinajstić information content (AvgIpc) is 3.66. The van der Waals surface area contributed by atoms with Crippen LogP contribution in [0.2, 0.25) is 0 Å². The second-order valence-corrected chi connectivity index (χ2v) is 11.4. The van der Waals surface area contributed by atoms with Gasteiger partial charge < -0.3 is 19.7 Å². The number of amides is 2. The number of anilines is 1. The normalized spacial score (nSPS) is 15.2. The highest BCUT2D eigenvalue weighted by atomic mass is 32.1. The molecule has 9 heteroatoms. The number of carbonyl (C=O) groups is 2. The molecule has 1 N–H and O–H groups in total. The van der Waals surface area contributed by atoms with Crippen molar-refractivity contribution in [1.29, 1.82) is 0 Å². The van der Waals surface area contributed by atoms with E-state index in [0.717, 1.165) is 58.2 Å². The van der Waals surface area contributed by atoms with E-state index in [9.17, 15) is 9.59 Å². The smallest absolute Gasteiger partial charge is 0.223 e. The van der Waals surface area contributed by atoms with Gasteiger partial charge in [0.05, 0.1) is 35.9 Å². The summed E-state index contributed by atoms with van der Waals surface area (Å²) in [5.74, 6) is 0.865. The monoisotopic (exact) mass is 544 g/mol. The number of nitrogens with zero attached hydrogens (tertiary/aromatic N) is 5. The van der Waals surface area contributed by atoms with Gasteiger partial charge in [0.1, 0.15) is 10.8 Å². The SMILES string of the molecule is Cc1ccc2nc(C)n(Cc3csc(CNC(=O)CCC(=O)N4CCCC4c4cccc(N(C)C)c4)n3)c2c1. The van der Waals surface area contributed by atoms with Gasteiger partial charge in [0.15, 0.2) is 0 Å². The summed E-state index contributed by atoms with van der Waals surface area (Å²) in [5, 5.41) is 5.82. The van der Waals surface area contributed by atoms with Crippen molar-refractivity contribution in [2.45, 2.75) is 58.7 Å². The summed E-state index contributed by atoms with van der Waals surface area (Å²) < 4.78 is 2.17. The number of aromatic nitrogens is 3. The molecule has 1 aliphatic rings. The molecule has 0 bridgehead atoms. The van der Waals surface area contributed by atoms with E-state index in [0.29, 0.717) is 13.1 Å². The van der Waals surface area contributed by atoms with E-state index in [2.05, 4.69) is 57.0 Å². The highest BCUT2D eigenvalue weighted by Crippen LogP contribution is 2.34. The number of hydrogen-bond acceptors (Lipinski definition) is 6. The number of imidazole rings is 1. The molecule has 2 amide bonds. The highest BCUT2D eigenvalue weighted by molar-refractivity contribution is 7.09. The van der Waals surface area contributed by atoms with E-state index in [1.807, 2.05) is 43.4 Å². The third-order valence-corrected chi connectivity index (χ3v) is 8.26. The van der Waals surface area contributed by atoms with Crippen molar-refractivity contribution in [3.8, 4) is 0 Å². The molecule has 1 saturated heterocycles. The number of rotatable bonds is 9. The summed E-state index contributed by atoms with van der Waals surface area (Å²) in [4.78, 5) is 39.0. The molecule has 4 aromatic rings. The fourth-order valence-electron chi connectivity index (χ4n) is 5.27. The Bertz CT molecular complexity index is 1490. The Hall–Kier alpha value is -3.72. The molecule has 2 aromatic carbocycles. The number of thiazole rings is 1. The molecule has 0 radical (unpaired) electrons. The molecule has 1 unspecified atom stereocenters. The van der Waals surface area contributed by atoms with E-state index in [1.54, 1.807) is 0 Å². The summed E-state index contributed by atoms with van der Waals surface area (Å²) in [6.45, 7) is 5.83. The van der Waals surface area contributed by atoms with Gasteiger partial charge in [-0.1, -0.05) is 18.2 Å². The van der Waals surface area contributed by atoms with Crippen molar-refractivity contribution in [3.05, 3.63) is 75.5 Å². The molecule has 0 spiro atoms. The predicted molar refractivity (Wildman–Crippen MR) is 156 cm³/mol. The minimum atomic E-state index is -0.127. The molecule has 8 nitrogen and oxygen atoms in total. The van der Waals surface area contributed by atoms with Gasteiger partial charge >= 0.3 is 0 Å². The summed E-state index contributed by atoms with van der Waals surface area (Å²) in [5.41, 5.74) is 6.51. The average molecular weight is 545 g/mol. The largest absolute Gasteiger partial charge is 0.378 e. The van der Waals surface area contributed by atoms with Gasteiger partial charge in [0.2, 0.25) is 11.8 Å². The van der Waals surface area contributed by atoms with Crippen LogP contribution in [0.1, 0.15) is 59.4 Å². The van der Waals surface area contributed by atoms with Crippen LogP contribution in [0.4, 0.5) is 5.69 Å². The molecule has 0 aliphatic carbocycles. The predicted octanol–water partition coefficient (Wildman–Crippen LogP) is 4.98. The second-order valence-electron chi connectivity index (χ2n) is 10.5. The van der Waals surface area contributed by atoms with E-state index >= 15 is 0 Å². The first-order chi connectivity index (χ1) is 18.8. The molecule has 0 saturated carbocycles. The van der Waals surface area contributed by atoms with Crippen LogP contribution in [0, 0.1) is 13.8 Å². The zero-order valence-corrected chi connectivity index (χ0v) is 23.9. The molecular formula is C30H36N6O2S. The molecule has 1 aliphatic heterocycles. The summed E-state index contributed by atoms with van der Waals surface area (Å²) in [7, 11) is 4.04. The van der Waals surface area contributed by atoms with Gasteiger partial charge in [-0.2, -0.15) is 0 Å². The minimum absolute atomic E-state index is 0.0395. The number of carbonyl (C=O) groups excluding carboxylic acids is 2. The molecule has 1 atom stereocenters. The van der Waals surface area contributed by atoms with E-state index in [4.69, 9.17) is 4.98 Å². The van der Waals surface area contributed by atoms with E-state index in [-0.39, 0.29) is 30.7 Å². The first-order valence-corrected chi connectivity index (χ1v) is 14.4. The third kappa shape index (κ3) is 6.14. The van der Waals surface area contributed by atoms with Crippen LogP contribution < -0.4 is 10.2 Å². The van der Waals surface area contributed by atoms with Crippen LogP contribution in [-0.2, 0) is 22.7 Å². The van der Waals surface area contributed by atoms with Crippen LogP contribution in [0.3, 0.4) is 0 Å². The zero-order valence-electron chi connectivity index (χ0n) is 23.1. The molecule has 1 fully saturated rings. The van der Waals surface area contributed by atoms with Crippen molar-refractivity contribution in [1.82, 2.24) is 24.8 Å². The van der Waals surface area contributed by atoms with Gasteiger partial charge in [0.25, 0.3) is 0 Å². The fourth-order valence-corrected chi connectivity index (χ4v) is 5.99. The molecule has 3 heterocycles. The Balaban J connectivity index is 1.12. The standard InChI is InChI=1S/C30H36N6O2S/c1-20-10-11-25-27(15-20)36(21(2)32-25)18-23-19-39-29(33-23)17-31-28(37)12-13-30(38)35-14-6-9-26(35)22-7-5-8-24(16-22)34(3)4/h5,7-8,10-11,15-16,19,26H,6,9,12-14,17-18H2,1-4H3,(H,31,37). The lowest BCUT2D eigenvalue weighted by Crippen LogP contribution is -2.32. The van der Waals surface area contributed by atoms with Gasteiger partial charge in [-0.05, 0) is 62.1 Å². The van der Waals surface area contributed by atoms with Crippen molar-refractivity contribution in [3.63, 3.8) is 0 Å². The molecule has 5 rings (SSSR count). The molecule has 204 valence electrons. The van der Waals surface area contributed by atoms with Crippen molar-refractivity contribution in [2.75, 3.05) is 25.5 Å². The van der Waals surface area contributed by atoms with Crippen LogP contribution >= 0.6 is 11.3 Å². The Morgan fingerprint density at radius 3 is 2.77 bits per heavy atom. The Labute approximate surface area is 233 Å². The number of hydrogen-bond donors (Lipinski definition) is 1. The maximum absolute atomic E-state index is 13.0. The van der Waals surface area contributed by atoms with Crippen LogP contribution in [0.15, 0.2) is 47.8 Å². The highest BCUT2D eigenvalue weighted by Gasteiger charge is 2.30. The van der Waals surface area contributed by atoms with Gasteiger partial charge in [-0.15, -0.1) is 11.3 Å². The Morgan fingerprint density at radius 2 is 1.95 bits per heavy atom. The number of fused-ring (bicyclic) bond motifs is 1. The lowest BCUT2D eigenvalue weighted by Gasteiger charge is -2.26. The molecule has 2 aromatic heterocycles. The van der Waals surface area contributed by atoms with Crippen LogP contribution in [0.25, 0.3) is 11.0 Å². The van der Waals surface area contributed by atoms with Crippen LogP contribution in [-0.4, -0.2) is 51.9 Å². The first kappa shape index (κ1) is 26.9. The number of nitrogens with one attached hydrogen (secondary N) is 1. The minimum Gasteiger partial charge on any atom is -0.378 e. The fraction of sp³-hybridized carbons (Fsp3) is 0.400. The van der Waals surface area contributed by atoms with Crippen LogP contribution in [0.5, 0.6) is 0 Å². The quantitative estimate of drug-likeness (QED) is 0.321. The van der Waals surface area contributed by atoms with Crippen molar-refractivity contribution in [2.24, 2.45) is 0 Å². The maximum atomic E-state index is 13.0. The summed E-state index contributed by atoms with van der Waals surface area (Å²) in [6.07, 6.45) is 2.33. The topological polar surface area (TPSA) is 83.4 Å². The zero-order chi connectivity index (χ0) is 27.5. The number of benzene rings is 2. The summed E-state index contributed by atoms with van der Waals surface area (Å²) in [6, 6.07) is 14.7. The Morgan fingerprint density at radius 1 is 1.10 bits per heavy atom. The summed E-state index contributed by atoms with van der Waals surface area (Å²) >= 11 is 1.54. The Kier molecular flexibility index (Phi) is 7.97. The van der Waals surface area contributed by atoms with Crippen molar-refractivity contribution < 1.29 is 9.59 Å². The number of likely N-dealkylation sites (tertiary alicyclic amines) is 1. The van der Waals surface area contributed by atoms with E-state index in [1.165, 1.54) is 16.9 Å². The lowest BCUT2D eigenvalue weighted by atomic mass is 10.0. The van der Waals surface area contributed by atoms with Crippen molar-refractivity contribution >= 4 is 39.9 Å². The lowest BCUT2D eigenvalue weighted by molar-refractivity contribution is -0.134. The van der Waals surface area contributed by atoms with Gasteiger partial charge in [-0.25, -0.2) is 9.97 Å². The first-order valence-electron chi connectivity index (χ1n) is 13.5. The molecular weight excluding hydrogens is 508 g/mol. The van der Waals surface area contributed by atoms with Gasteiger partial charge in [-0.3, -0.25) is 9.59 Å². The van der Waals surface area contributed by atoms with E-state index < -0.39 is 0 Å².